The topological polar surface area (TPSA) is 135 Å². The number of carboxylic acid groups (broad SMARTS) is 1. The Labute approximate surface area is 87.0 Å². The van der Waals surface area contributed by atoms with Crippen LogP contribution < -0.4 is 5.73 Å². The van der Waals surface area contributed by atoms with Crippen LogP contribution >= 0.6 is 0 Å². The molecule has 4 N–H and O–H groups in total. The third kappa shape index (κ3) is 7.89. The summed E-state index contributed by atoms with van der Waals surface area (Å²) in [5, 5.41) is 8.61. The molecule has 1 atom stereocenters. The van der Waals surface area contributed by atoms with E-state index < -0.39 is 33.7 Å². The van der Waals surface area contributed by atoms with Crippen molar-refractivity contribution in [3.8, 4) is 0 Å². The molecule has 0 saturated heterocycles. The van der Waals surface area contributed by atoms with Gasteiger partial charge in [-0.3, -0.25) is 14.1 Å². The Morgan fingerprint density at radius 3 is 2.20 bits per heavy atom. The highest BCUT2D eigenvalue weighted by Gasteiger charge is 2.23. The predicted molar refractivity (Wildman–Crippen MR) is 50.6 cm³/mol. The molecule has 7 nitrogen and oxygen atoms in total. The fourth-order valence-corrected chi connectivity index (χ4v) is 1.87. The van der Waals surface area contributed by atoms with E-state index in [1.165, 1.54) is 0 Å². The Hall–Kier alpha value is -1.15. The quantitative estimate of drug-likeness (QED) is 0.499. The molecule has 0 fully saturated rings. The van der Waals surface area contributed by atoms with Gasteiger partial charge in [-0.2, -0.15) is 8.42 Å². The summed E-state index contributed by atoms with van der Waals surface area (Å²) in [5.74, 6) is -3.95. The number of carbonyl (C=O) groups is 2. The first-order valence-corrected chi connectivity index (χ1v) is 5.79. The van der Waals surface area contributed by atoms with Crippen LogP contribution in [-0.4, -0.2) is 35.7 Å². The Bertz CT molecular complexity index is 335. The second kappa shape index (κ2) is 5.66. The number of rotatable bonds is 7. The van der Waals surface area contributed by atoms with E-state index >= 15 is 0 Å². The van der Waals surface area contributed by atoms with Gasteiger partial charge in [0.25, 0.3) is 10.1 Å². The van der Waals surface area contributed by atoms with Crippen molar-refractivity contribution >= 4 is 22.0 Å². The minimum atomic E-state index is -4.32. The normalized spacial score (nSPS) is 13.4. The van der Waals surface area contributed by atoms with Crippen LogP contribution in [0.4, 0.5) is 0 Å². The van der Waals surface area contributed by atoms with Gasteiger partial charge in [0.1, 0.15) is 0 Å². The minimum Gasteiger partial charge on any atom is -0.481 e. The van der Waals surface area contributed by atoms with E-state index in [-0.39, 0.29) is 19.3 Å². The van der Waals surface area contributed by atoms with Crippen LogP contribution in [0.2, 0.25) is 0 Å². The molecular weight excluding hydrogens is 226 g/mol. The Morgan fingerprint density at radius 2 is 1.87 bits per heavy atom. The first-order chi connectivity index (χ1) is 6.72. The van der Waals surface area contributed by atoms with Gasteiger partial charge in [0.15, 0.2) is 0 Å². The summed E-state index contributed by atoms with van der Waals surface area (Å²) in [5.41, 5.74) is 4.83. The van der Waals surface area contributed by atoms with Gasteiger partial charge in [-0.15, -0.1) is 0 Å². The SMILES string of the molecule is NC(=O)CCC[C@H](CS(=O)(=O)O)C(=O)O. The van der Waals surface area contributed by atoms with Gasteiger partial charge >= 0.3 is 5.97 Å². The number of carboxylic acids is 1. The lowest BCUT2D eigenvalue weighted by Gasteiger charge is -2.08. The summed E-state index contributed by atoms with van der Waals surface area (Å²) in [6, 6.07) is 0. The molecule has 0 spiro atoms. The molecule has 1 amide bonds. The maximum Gasteiger partial charge on any atom is 0.307 e. The van der Waals surface area contributed by atoms with Gasteiger partial charge in [0, 0.05) is 6.42 Å². The van der Waals surface area contributed by atoms with Crippen LogP contribution in [0.5, 0.6) is 0 Å². The molecule has 0 aliphatic carbocycles. The van der Waals surface area contributed by atoms with Crippen molar-refractivity contribution in [1.82, 2.24) is 0 Å². The van der Waals surface area contributed by atoms with Gasteiger partial charge in [0.2, 0.25) is 5.91 Å². The second-order valence-corrected chi connectivity index (χ2v) is 4.64. The highest BCUT2D eigenvalue weighted by Crippen LogP contribution is 2.11. The lowest BCUT2D eigenvalue weighted by atomic mass is 10.0. The number of hydrogen-bond donors (Lipinski definition) is 3. The van der Waals surface area contributed by atoms with Crippen LogP contribution in [0.25, 0.3) is 0 Å². The fourth-order valence-electron chi connectivity index (χ4n) is 1.06. The zero-order valence-electron chi connectivity index (χ0n) is 7.92. The van der Waals surface area contributed by atoms with Crippen molar-refractivity contribution in [2.75, 3.05) is 5.75 Å². The van der Waals surface area contributed by atoms with Crippen molar-refractivity contribution in [2.24, 2.45) is 11.7 Å². The Morgan fingerprint density at radius 1 is 1.33 bits per heavy atom. The van der Waals surface area contributed by atoms with E-state index in [1.807, 2.05) is 0 Å². The van der Waals surface area contributed by atoms with Crippen LogP contribution in [0.1, 0.15) is 19.3 Å². The number of aliphatic carboxylic acids is 1. The summed E-state index contributed by atoms with van der Waals surface area (Å²) in [7, 11) is -4.32. The standard InChI is InChI=1S/C7H13NO6S/c8-6(9)3-1-2-5(7(10)11)4-15(12,13)14/h5H,1-4H2,(H2,8,9)(H,10,11)(H,12,13,14)/t5-/m1/s1. The Kier molecular flexibility index (Phi) is 5.23. The van der Waals surface area contributed by atoms with E-state index in [0.29, 0.717) is 0 Å². The fraction of sp³-hybridized carbons (Fsp3) is 0.714. The number of primary amides is 1. The molecule has 8 heteroatoms. The van der Waals surface area contributed by atoms with Crippen molar-refractivity contribution in [2.45, 2.75) is 19.3 Å². The molecule has 0 bridgehead atoms. The molecule has 15 heavy (non-hydrogen) atoms. The first-order valence-electron chi connectivity index (χ1n) is 4.18. The smallest absolute Gasteiger partial charge is 0.307 e. The maximum absolute atomic E-state index is 10.6. The molecule has 0 saturated carbocycles. The van der Waals surface area contributed by atoms with Gasteiger partial charge < -0.3 is 10.8 Å². The van der Waals surface area contributed by atoms with Crippen molar-refractivity contribution in [3.05, 3.63) is 0 Å². The average molecular weight is 239 g/mol. The summed E-state index contributed by atoms with van der Waals surface area (Å²) in [4.78, 5) is 20.9. The highest BCUT2D eigenvalue weighted by molar-refractivity contribution is 7.85. The van der Waals surface area contributed by atoms with Gasteiger partial charge in [0.05, 0.1) is 11.7 Å². The van der Waals surface area contributed by atoms with Gasteiger partial charge in [-0.25, -0.2) is 0 Å². The molecular formula is C7H13NO6S. The minimum absolute atomic E-state index is 0.00471. The molecule has 0 aliphatic heterocycles. The van der Waals surface area contributed by atoms with Crippen LogP contribution in [0.3, 0.4) is 0 Å². The molecule has 0 rings (SSSR count). The number of nitrogens with two attached hydrogens (primary N) is 1. The summed E-state index contributed by atoms with van der Waals surface area (Å²) >= 11 is 0. The molecule has 0 heterocycles. The van der Waals surface area contributed by atoms with E-state index in [9.17, 15) is 18.0 Å². The van der Waals surface area contributed by atoms with Crippen LogP contribution in [0, 0.1) is 5.92 Å². The number of carbonyl (C=O) groups excluding carboxylic acids is 1. The van der Waals surface area contributed by atoms with Crippen molar-refractivity contribution in [1.29, 1.82) is 0 Å². The largest absolute Gasteiger partial charge is 0.481 e. The third-order valence-electron chi connectivity index (χ3n) is 1.74. The number of hydrogen-bond acceptors (Lipinski definition) is 4. The van der Waals surface area contributed by atoms with E-state index in [4.69, 9.17) is 15.4 Å². The zero-order valence-corrected chi connectivity index (χ0v) is 8.74. The van der Waals surface area contributed by atoms with E-state index in [1.54, 1.807) is 0 Å². The predicted octanol–water partition coefficient (Wildman–Crippen LogP) is -0.769. The van der Waals surface area contributed by atoms with Crippen molar-refractivity contribution in [3.63, 3.8) is 0 Å². The van der Waals surface area contributed by atoms with E-state index in [0.717, 1.165) is 0 Å². The second-order valence-electron chi connectivity index (χ2n) is 3.14. The highest BCUT2D eigenvalue weighted by atomic mass is 32.2. The molecule has 0 aromatic heterocycles. The average Bonchev–Trinajstić information content (AvgIpc) is 1.99. The van der Waals surface area contributed by atoms with Gasteiger partial charge in [-0.1, -0.05) is 0 Å². The summed E-state index contributed by atoms with van der Waals surface area (Å²) in [6.07, 6.45) is 0.162. The molecule has 0 radical (unpaired) electrons. The Balaban J connectivity index is 4.18. The van der Waals surface area contributed by atoms with E-state index in [2.05, 4.69) is 0 Å². The van der Waals surface area contributed by atoms with Crippen LogP contribution in [0.15, 0.2) is 0 Å². The lowest BCUT2D eigenvalue weighted by Crippen LogP contribution is -2.24. The molecule has 0 aromatic carbocycles. The summed E-state index contributed by atoms with van der Waals surface area (Å²) in [6.45, 7) is 0. The monoisotopic (exact) mass is 239 g/mol. The molecule has 88 valence electrons. The lowest BCUT2D eigenvalue weighted by molar-refractivity contribution is -0.141. The summed E-state index contributed by atoms with van der Waals surface area (Å²) < 4.78 is 29.4. The number of amides is 1. The molecule has 0 aromatic rings. The van der Waals surface area contributed by atoms with Gasteiger partial charge in [-0.05, 0) is 12.8 Å². The van der Waals surface area contributed by atoms with Crippen molar-refractivity contribution < 1.29 is 27.7 Å². The molecule has 0 aliphatic rings. The third-order valence-corrected chi connectivity index (χ3v) is 2.56. The maximum atomic E-state index is 10.6. The zero-order chi connectivity index (χ0) is 12.1. The van der Waals surface area contributed by atoms with Crippen LogP contribution in [-0.2, 0) is 19.7 Å². The molecule has 0 unspecified atom stereocenters. The first kappa shape index (κ1) is 13.8.